The standard InChI is InChI=1S/C14H15N3OS/c15-13-7-6-12(10-16-13)19-9-8-14(18)17-11-4-2-1-3-5-11/h1-7,10H,8-9H2,(H2,15,16)(H,17,18). The molecule has 5 heteroatoms. The smallest absolute Gasteiger partial charge is 0.225 e. The Morgan fingerprint density at radius 3 is 2.68 bits per heavy atom. The highest BCUT2D eigenvalue weighted by molar-refractivity contribution is 7.99. The largest absolute Gasteiger partial charge is 0.384 e. The van der Waals surface area contributed by atoms with Gasteiger partial charge in [-0.3, -0.25) is 4.79 Å². The lowest BCUT2D eigenvalue weighted by Crippen LogP contribution is -2.11. The van der Waals surface area contributed by atoms with Crippen LogP contribution in [0.4, 0.5) is 11.5 Å². The van der Waals surface area contributed by atoms with Crippen molar-refractivity contribution in [2.24, 2.45) is 0 Å². The number of hydrogen-bond donors (Lipinski definition) is 2. The second-order valence-corrected chi connectivity index (χ2v) is 5.10. The fourth-order valence-corrected chi connectivity index (χ4v) is 2.30. The molecule has 0 spiro atoms. The zero-order valence-corrected chi connectivity index (χ0v) is 11.2. The Hall–Kier alpha value is -2.01. The van der Waals surface area contributed by atoms with E-state index in [1.165, 1.54) is 0 Å². The van der Waals surface area contributed by atoms with Crippen LogP contribution in [0.2, 0.25) is 0 Å². The van der Waals surface area contributed by atoms with Gasteiger partial charge < -0.3 is 11.1 Å². The molecule has 1 heterocycles. The first-order valence-electron chi connectivity index (χ1n) is 5.93. The van der Waals surface area contributed by atoms with Crippen LogP contribution >= 0.6 is 11.8 Å². The molecule has 19 heavy (non-hydrogen) atoms. The van der Waals surface area contributed by atoms with Crippen molar-refractivity contribution in [3.8, 4) is 0 Å². The molecule has 3 N–H and O–H groups in total. The van der Waals surface area contributed by atoms with Gasteiger partial charge in [0.1, 0.15) is 5.82 Å². The molecule has 1 aromatic carbocycles. The summed E-state index contributed by atoms with van der Waals surface area (Å²) >= 11 is 1.59. The minimum absolute atomic E-state index is 0.0158. The molecule has 0 atom stereocenters. The number of aromatic nitrogens is 1. The Morgan fingerprint density at radius 1 is 1.21 bits per heavy atom. The Bertz CT molecular complexity index is 528. The van der Waals surface area contributed by atoms with Gasteiger partial charge >= 0.3 is 0 Å². The molecule has 0 saturated carbocycles. The number of benzene rings is 1. The minimum atomic E-state index is 0.0158. The average Bonchev–Trinajstić information content (AvgIpc) is 2.42. The summed E-state index contributed by atoms with van der Waals surface area (Å²) in [5, 5.41) is 2.85. The summed E-state index contributed by atoms with van der Waals surface area (Å²) in [7, 11) is 0. The van der Waals surface area contributed by atoms with Gasteiger partial charge in [0, 0.05) is 29.0 Å². The molecular weight excluding hydrogens is 258 g/mol. The number of rotatable bonds is 5. The van der Waals surface area contributed by atoms with Crippen LogP contribution in [0.3, 0.4) is 0 Å². The minimum Gasteiger partial charge on any atom is -0.384 e. The molecule has 0 saturated heterocycles. The topological polar surface area (TPSA) is 68.0 Å². The van der Waals surface area contributed by atoms with Gasteiger partial charge in [-0.1, -0.05) is 18.2 Å². The first-order chi connectivity index (χ1) is 9.24. The summed E-state index contributed by atoms with van der Waals surface area (Å²) < 4.78 is 0. The van der Waals surface area contributed by atoms with E-state index in [1.54, 1.807) is 24.0 Å². The number of carbonyl (C=O) groups is 1. The number of nitrogens with zero attached hydrogens (tertiary/aromatic N) is 1. The number of amides is 1. The van der Waals surface area contributed by atoms with Gasteiger partial charge in [0.2, 0.25) is 5.91 Å². The van der Waals surface area contributed by atoms with E-state index in [9.17, 15) is 4.79 Å². The van der Waals surface area contributed by atoms with E-state index < -0.39 is 0 Å². The molecule has 2 aromatic rings. The summed E-state index contributed by atoms with van der Waals surface area (Å²) in [6, 6.07) is 13.1. The molecule has 0 aliphatic rings. The molecule has 0 bridgehead atoms. The maximum atomic E-state index is 11.7. The molecule has 1 aromatic heterocycles. The second-order valence-electron chi connectivity index (χ2n) is 3.93. The van der Waals surface area contributed by atoms with Crippen LogP contribution in [0.1, 0.15) is 6.42 Å². The quantitative estimate of drug-likeness (QED) is 0.822. The van der Waals surface area contributed by atoms with E-state index in [0.717, 1.165) is 10.6 Å². The number of nitrogens with one attached hydrogen (secondary N) is 1. The monoisotopic (exact) mass is 273 g/mol. The predicted molar refractivity (Wildman–Crippen MR) is 79.1 cm³/mol. The van der Waals surface area contributed by atoms with Gasteiger partial charge in [-0.15, -0.1) is 11.8 Å². The molecule has 2 rings (SSSR count). The maximum absolute atomic E-state index is 11.7. The highest BCUT2D eigenvalue weighted by atomic mass is 32.2. The van der Waals surface area contributed by atoms with Crippen molar-refractivity contribution in [2.75, 3.05) is 16.8 Å². The van der Waals surface area contributed by atoms with Crippen molar-refractivity contribution >= 4 is 29.2 Å². The normalized spacial score (nSPS) is 10.1. The number of nitrogens with two attached hydrogens (primary N) is 1. The van der Waals surface area contributed by atoms with Gasteiger partial charge in [0.15, 0.2) is 0 Å². The highest BCUT2D eigenvalue weighted by Crippen LogP contribution is 2.18. The Labute approximate surface area is 116 Å². The predicted octanol–water partition coefficient (Wildman–Crippen LogP) is 2.78. The van der Waals surface area contributed by atoms with Crippen LogP contribution in [-0.2, 0) is 4.79 Å². The molecule has 0 radical (unpaired) electrons. The maximum Gasteiger partial charge on any atom is 0.225 e. The van der Waals surface area contributed by atoms with Crippen molar-refractivity contribution < 1.29 is 4.79 Å². The summed E-state index contributed by atoms with van der Waals surface area (Å²) in [4.78, 5) is 16.7. The van der Waals surface area contributed by atoms with Crippen molar-refractivity contribution in [2.45, 2.75) is 11.3 Å². The number of anilines is 2. The van der Waals surface area contributed by atoms with Gasteiger partial charge in [-0.25, -0.2) is 4.98 Å². The van der Waals surface area contributed by atoms with Crippen LogP contribution in [0.5, 0.6) is 0 Å². The first kappa shape index (κ1) is 13.4. The van der Waals surface area contributed by atoms with Gasteiger partial charge in [0.25, 0.3) is 0 Å². The molecule has 0 fully saturated rings. The summed E-state index contributed by atoms with van der Waals surface area (Å²) in [5.74, 6) is 1.23. The number of thioether (sulfide) groups is 1. The van der Waals surface area contributed by atoms with Crippen LogP contribution in [0.25, 0.3) is 0 Å². The summed E-state index contributed by atoms with van der Waals surface area (Å²) in [6.07, 6.45) is 2.18. The number of carbonyl (C=O) groups excluding carboxylic acids is 1. The Kier molecular flexibility index (Phi) is 4.80. The summed E-state index contributed by atoms with van der Waals surface area (Å²) in [5.41, 5.74) is 6.33. The first-order valence-corrected chi connectivity index (χ1v) is 6.92. The van der Waals surface area contributed by atoms with Crippen molar-refractivity contribution in [1.82, 2.24) is 4.98 Å². The van der Waals surface area contributed by atoms with Crippen LogP contribution in [0.15, 0.2) is 53.6 Å². The molecule has 4 nitrogen and oxygen atoms in total. The van der Waals surface area contributed by atoms with Gasteiger partial charge in [0.05, 0.1) is 0 Å². The molecule has 98 valence electrons. The van der Waals surface area contributed by atoms with Crippen LogP contribution in [-0.4, -0.2) is 16.6 Å². The van der Waals surface area contributed by atoms with Crippen LogP contribution < -0.4 is 11.1 Å². The Morgan fingerprint density at radius 2 is 2.00 bits per heavy atom. The lowest BCUT2D eigenvalue weighted by molar-refractivity contribution is -0.115. The fourth-order valence-electron chi connectivity index (χ4n) is 1.48. The van der Waals surface area contributed by atoms with Crippen molar-refractivity contribution in [1.29, 1.82) is 0 Å². The zero-order chi connectivity index (χ0) is 13.5. The number of pyridine rings is 1. The van der Waals surface area contributed by atoms with E-state index in [0.29, 0.717) is 18.0 Å². The number of hydrogen-bond acceptors (Lipinski definition) is 4. The molecular formula is C14H15N3OS. The zero-order valence-electron chi connectivity index (χ0n) is 10.4. The molecule has 0 aliphatic carbocycles. The van der Waals surface area contributed by atoms with Crippen molar-refractivity contribution in [3.63, 3.8) is 0 Å². The van der Waals surface area contributed by atoms with Gasteiger partial charge in [-0.2, -0.15) is 0 Å². The van der Waals surface area contributed by atoms with E-state index in [1.807, 2.05) is 36.4 Å². The third-order valence-corrected chi connectivity index (χ3v) is 3.40. The second kappa shape index (κ2) is 6.80. The third-order valence-electron chi connectivity index (χ3n) is 2.41. The van der Waals surface area contributed by atoms with E-state index in [2.05, 4.69) is 10.3 Å². The average molecular weight is 273 g/mol. The van der Waals surface area contributed by atoms with E-state index in [4.69, 9.17) is 5.73 Å². The van der Waals surface area contributed by atoms with E-state index in [-0.39, 0.29) is 5.91 Å². The lowest BCUT2D eigenvalue weighted by Gasteiger charge is -2.04. The fraction of sp³-hybridized carbons (Fsp3) is 0.143. The van der Waals surface area contributed by atoms with Crippen LogP contribution in [0, 0.1) is 0 Å². The lowest BCUT2D eigenvalue weighted by atomic mass is 10.3. The van der Waals surface area contributed by atoms with Crippen molar-refractivity contribution in [3.05, 3.63) is 48.7 Å². The highest BCUT2D eigenvalue weighted by Gasteiger charge is 2.02. The molecule has 1 amide bonds. The number of para-hydroxylation sites is 1. The molecule has 0 aliphatic heterocycles. The van der Waals surface area contributed by atoms with Gasteiger partial charge in [-0.05, 0) is 24.3 Å². The molecule has 0 unspecified atom stereocenters. The van der Waals surface area contributed by atoms with E-state index >= 15 is 0 Å². The summed E-state index contributed by atoms with van der Waals surface area (Å²) in [6.45, 7) is 0. The third kappa shape index (κ3) is 4.63. The SMILES string of the molecule is Nc1ccc(SCCC(=O)Nc2ccccc2)cn1. The number of nitrogen functional groups attached to an aromatic ring is 1. The Balaban J connectivity index is 1.74.